The Morgan fingerprint density at radius 1 is 1.14 bits per heavy atom. The average Bonchev–Trinajstić information content (AvgIpc) is 3.55. The van der Waals surface area contributed by atoms with Gasteiger partial charge >= 0.3 is 0 Å². The van der Waals surface area contributed by atoms with Crippen LogP contribution in [-0.2, 0) is 31.3 Å². The van der Waals surface area contributed by atoms with Crippen LogP contribution in [0.5, 0.6) is 11.5 Å². The highest BCUT2D eigenvalue weighted by Crippen LogP contribution is 2.54. The Morgan fingerprint density at radius 3 is 2.74 bits per heavy atom. The van der Waals surface area contributed by atoms with Gasteiger partial charge in [0.25, 0.3) is 0 Å². The molecule has 4 atom stereocenters. The first-order chi connectivity index (χ1) is 16.8. The molecule has 0 aromatic heterocycles. The minimum atomic E-state index is -1.48. The zero-order valence-corrected chi connectivity index (χ0v) is 19.1. The van der Waals surface area contributed by atoms with Gasteiger partial charge in [0.05, 0.1) is 29.1 Å². The van der Waals surface area contributed by atoms with Gasteiger partial charge in [0.1, 0.15) is 5.54 Å². The van der Waals surface area contributed by atoms with Crippen LogP contribution in [-0.4, -0.2) is 41.4 Å². The molecular weight excluding hydrogens is 476 g/mol. The maximum absolute atomic E-state index is 13.8. The number of halogens is 1. The van der Waals surface area contributed by atoms with Crippen molar-refractivity contribution in [2.75, 3.05) is 12.1 Å². The molecule has 0 saturated carbocycles. The third-order valence-corrected chi connectivity index (χ3v) is 7.58. The summed E-state index contributed by atoms with van der Waals surface area (Å²) in [5.41, 5.74) is 5.49. The number of para-hydroxylation sites is 1. The number of ether oxygens (including phenoxy) is 2. The lowest BCUT2D eigenvalue weighted by Crippen LogP contribution is -2.53. The SMILES string of the molecule is NC(=O)CC[C@H]1N[C@@]2(C(=O)Nc3c(Cl)cccc32)[C@@H]2C(=O)N(Cc3ccc4c(c3)OCO4)C(=O)[C@@H]21. The molecule has 0 unspecified atom stereocenters. The second-order valence-electron chi connectivity index (χ2n) is 9.13. The summed E-state index contributed by atoms with van der Waals surface area (Å²) in [5, 5.41) is 6.37. The number of carbonyl (C=O) groups excluding carboxylic acids is 4. The van der Waals surface area contributed by atoms with Crippen LogP contribution in [0.3, 0.4) is 0 Å². The number of carbonyl (C=O) groups is 4. The minimum absolute atomic E-state index is 0.00458. The van der Waals surface area contributed by atoms with E-state index in [1.54, 1.807) is 36.4 Å². The fraction of sp³-hybridized carbons (Fsp3) is 0.333. The lowest BCUT2D eigenvalue weighted by molar-refractivity contribution is -0.143. The predicted molar refractivity (Wildman–Crippen MR) is 122 cm³/mol. The zero-order valence-electron chi connectivity index (χ0n) is 18.4. The molecule has 2 aromatic carbocycles. The van der Waals surface area contributed by atoms with Gasteiger partial charge in [-0.1, -0.05) is 29.8 Å². The van der Waals surface area contributed by atoms with Gasteiger partial charge in [0.2, 0.25) is 30.4 Å². The molecule has 0 radical (unpaired) electrons. The van der Waals surface area contributed by atoms with E-state index in [0.29, 0.717) is 33.3 Å². The topological polar surface area (TPSA) is 140 Å². The van der Waals surface area contributed by atoms with E-state index in [2.05, 4.69) is 10.6 Å². The largest absolute Gasteiger partial charge is 0.454 e. The maximum atomic E-state index is 13.8. The van der Waals surface area contributed by atoms with Gasteiger partial charge in [-0.15, -0.1) is 0 Å². The van der Waals surface area contributed by atoms with Crippen molar-refractivity contribution in [2.24, 2.45) is 17.6 Å². The van der Waals surface area contributed by atoms with E-state index in [1.165, 1.54) is 4.90 Å². The third-order valence-electron chi connectivity index (χ3n) is 7.27. The number of primary amides is 1. The number of nitrogens with two attached hydrogens (primary N) is 1. The Labute approximate surface area is 204 Å². The van der Waals surface area contributed by atoms with Crippen molar-refractivity contribution < 1.29 is 28.7 Å². The summed E-state index contributed by atoms with van der Waals surface area (Å²) in [6.07, 6.45) is 0.211. The molecular formula is C24H21ClN4O6. The number of anilines is 1. The van der Waals surface area contributed by atoms with Crippen molar-refractivity contribution in [3.05, 3.63) is 52.5 Å². The highest BCUT2D eigenvalue weighted by atomic mass is 35.5. The molecule has 1 spiro atoms. The standard InChI is InChI=1S/C24H21ClN4O6/c25-13-3-1-2-12-20(13)27-23(33)24(12)19-18(14(28-24)5-7-17(26)30)21(31)29(22(19)32)9-11-4-6-15-16(8-11)35-10-34-15/h1-4,6,8,14,18-19,28H,5,7,9-10H2,(H2,26,30)(H,27,33)/t14-,18-,19+,24-/m1/s1. The van der Waals surface area contributed by atoms with Crippen LogP contribution in [0, 0.1) is 11.8 Å². The van der Waals surface area contributed by atoms with E-state index in [-0.39, 0.29) is 26.2 Å². The number of rotatable bonds is 5. The van der Waals surface area contributed by atoms with E-state index in [9.17, 15) is 19.2 Å². The van der Waals surface area contributed by atoms with Crippen LogP contribution in [0.4, 0.5) is 5.69 Å². The number of benzene rings is 2. The first-order valence-electron chi connectivity index (χ1n) is 11.2. The van der Waals surface area contributed by atoms with Crippen molar-refractivity contribution in [3.63, 3.8) is 0 Å². The number of nitrogens with one attached hydrogen (secondary N) is 2. The second kappa shape index (κ2) is 7.69. The quantitative estimate of drug-likeness (QED) is 0.529. The van der Waals surface area contributed by atoms with E-state index in [0.717, 1.165) is 0 Å². The Kier molecular flexibility index (Phi) is 4.81. The number of hydrogen-bond acceptors (Lipinski definition) is 7. The van der Waals surface area contributed by atoms with Gasteiger partial charge in [-0.2, -0.15) is 0 Å². The molecule has 4 aliphatic heterocycles. The maximum Gasteiger partial charge on any atom is 0.250 e. The smallest absolute Gasteiger partial charge is 0.250 e. The summed E-state index contributed by atoms with van der Waals surface area (Å²) in [6, 6.07) is 9.67. The van der Waals surface area contributed by atoms with Gasteiger partial charge in [-0.3, -0.25) is 29.4 Å². The Hall–Kier alpha value is -3.63. The van der Waals surface area contributed by atoms with Gasteiger partial charge in [0.15, 0.2) is 11.5 Å². The second-order valence-corrected chi connectivity index (χ2v) is 9.54. The molecule has 180 valence electrons. The molecule has 4 aliphatic rings. The monoisotopic (exact) mass is 496 g/mol. The Morgan fingerprint density at radius 2 is 1.94 bits per heavy atom. The number of likely N-dealkylation sites (tertiary alicyclic amines) is 1. The Bertz CT molecular complexity index is 1310. The summed E-state index contributed by atoms with van der Waals surface area (Å²) in [6.45, 7) is 0.126. The van der Waals surface area contributed by atoms with Crippen molar-refractivity contribution in [2.45, 2.75) is 31.0 Å². The Balaban J connectivity index is 1.40. The van der Waals surface area contributed by atoms with E-state index in [1.807, 2.05) is 0 Å². The molecule has 11 heteroatoms. The van der Waals surface area contributed by atoms with E-state index >= 15 is 0 Å². The summed E-state index contributed by atoms with van der Waals surface area (Å²) in [7, 11) is 0. The van der Waals surface area contributed by atoms with Gasteiger partial charge in [-0.25, -0.2) is 0 Å². The lowest BCUT2D eigenvalue weighted by atomic mass is 9.76. The molecule has 6 rings (SSSR count). The van der Waals surface area contributed by atoms with Crippen LogP contribution >= 0.6 is 11.6 Å². The molecule has 10 nitrogen and oxygen atoms in total. The highest BCUT2D eigenvalue weighted by molar-refractivity contribution is 6.35. The van der Waals surface area contributed by atoms with E-state index < -0.39 is 47.0 Å². The molecule has 4 heterocycles. The van der Waals surface area contributed by atoms with Crippen molar-refractivity contribution in [1.82, 2.24) is 10.2 Å². The minimum Gasteiger partial charge on any atom is -0.454 e. The van der Waals surface area contributed by atoms with E-state index in [4.69, 9.17) is 26.8 Å². The van der Waals surface area contributed by atoms with Gasteiger partial charge in [0, 0.05) is 18.0 Å². The average molecular weight is 497 g/mol. The fourth-order valence-electron chi connectivity index (χ4n) is 5.78. The summed E-state index contributed by atoms with van der Waals surface area (Å²) in [5.74, 6) is -2.56. The van der Waals surface area contributed by atoms with Crippen molar-refractivity contribution >= 4 is 40.9 Å². The van der Waals surface area contributed by atoms with Crippen LogP contribution in [0.15, 0.2) is 36.4 Å². The van der Waals surface area contributed by atoms with Crippen LogP contribution in [0.25, 0.3) is 0 Å². The highest BCUT2D eigenvalue weighted by Gasteiger charge is 2.70. The summed E-state index contributed by atoms with van der Waals surface area (Å²) in [4.78, 5) is 53.6. The fourth-order valence-corrected chi connectivity index (χ4v) is 6.00. The van der Waals surface area contributed by atoms with Crippen LogP contribution in [0.2, 0.25) is 5.02 Å². The predicted octanol–water partition coefficient (Wildman–Crippen LogP) is 1.25. The molecule has 35 heavy (non-hydrogen) atoms. The molecule has 2 saturated heterocycles. The third kappa shape index (κ3) is 3.06. The lowest BCUT2D eigenvalue weighted by Gasteiger charge is -2.29. The van der Waals surface area contributed by atoms with Crippen molar-refractivity contribution in [1.29, 1.82) is 0 Å². The molecule has 4 amide bonds. The van der Waals surface area contributed by atoms with Crippen LogP contribution in [0.1, 0.15) is 24.0 Å². The zero-order chi connectivity index (χ0) is 24.5. The molecule has 0 aliphatic carbocycles. The number of hydrogen-bond donors (Lipinski definition) is 3. The number of fused-ring (bicyclic) bond motifs is 5. The molecule has 2 aromatic rings. The molecule has 4 N–H and O–H groups in total. The summed E-state index contributed by atoms with van der Waals surface area (Å²) >= 11 is 6.34. The molecule has 2 fully saturated rings. The van der Waals surface area contributed by atoms with Crippen molar-refractivity contribution in [3.8, 4) is 11.5 Å². The number of nitrogens with zero attached hydrogens (tertiary/aromatic N) is 1. The first kappa shape index (κ1) is 21.9. The number of imide groups is 1. The van der Waals surface area contributed by atoms with Gasteiger partial charge in [-0.05, 0) is 30.2 Å². The molecule has 0 bridgehead atoms. The summed E-state index contributed by atoms with van der Waals surface area (Å²) < 4.78 is 10.7. The van der Waals surface area contributed by atoms with Crippen LogP contribution < -0.4 is 25.8 Å². The number of amides is 4. The van der Waals surface area contributed by atoms with Gasteiger partial charge < -0.3 is 20.5 Å². The first-order valence-corrected chi connectivity index (χ1v) is 11.6. The normalized spacial score (nSPS) is 28.0.